The molecule has 0 aliphatic carbocycles. The van der Waals surface area contributed by atoms with Gasteiger partial charge < -0.3 is 10.1 Å². The topological polar surface area (TPSA) is 45.0 Å². The fourth-order valence-corrected chi connectivity index (χ4v) is 2.02. The highest BCUT2D eigenvalue weighted by atomic mass is 16.5. The Labute approximate surface area is 126 Å². The highest BCUT2D eigenvalue weighted by Gasteiger charge is 1.97. The summed E-state index contributed by atoms with van der Waals surface area (Å²) in [6.07, 6.45) is 0. The molecule has 1 N–H and O–H groups in total. The van der Waals surface area contributed by atoms with Crippen molar-refractivity contribution in [3.63, 3.8) is 0 Å². The zero-order valence-corrected chi connectivity index (χ0v) is 12.3. The predicted molar refractivity (Wildman–Crippen MR) is 83.5 cm³/mol. The van der Waals surface area contributed by atoms with Gasteiger partial charge in [-0.25, -0.2) is 0 Å². The normalized spacial score (nSPS) is 10.3. The molecule has 0 aliphatic rings. The van der Waals surface area contributed by atoms with Gasteiger partial charge in [-0.2, -0.15) is 5.26 Å². The highest BCUT2D eigenvalue weighted by Crippen LogP contribution is 2.07. The lowest BCUT2D eigenvalue weighted by Gasteiger charge is -2.07. The molecule has 0 saturated heterocycles. The van der Waals surface area contributed by atoms with Gasteiger partial charge in [0.2, 0.25) is 0 Å². The van der Waals surface area contributed by atoms with Gasteiger partial charge in [-0.05, 0) is 35.7 Å². The van der Waals surface area contributed by atoms with Gasteiger partial charge in [0.25, 0.3) is 0 Å². The largest absolute Gasteiger partial charge is 0.377 e. The molecule has 108 valence electrons. The summed E-state index contributed by atoms with van der Waals surface area (Å²) >= 11 is 0. The molecule has 2 aromatic rings. The molecule has 0 heterocycles. The first-order valence-corrected chi connectivity index (χ1v) is 7.17. The molecule has 0 unspecified atom stereocenters. The van der Waals surface area contributed by atoms with Crippen LogP contribution in [-0.4, -0.2) is 6.61 Å². The van der Waals surface area contributed by atoms with Crippen molar-refractivity contribution in [2.75, 3.05) is 6.61 Å². The molecular formula is C18H20N2O. The van der Waals surface area contributed by atoms with Crippen LogP contribution >= 0.6 is 0 Å². The maximum absolute atomic E-state index is 8.76. The molecule has 2 rings (SSSR count). The molecule has 0 radical (unpaired) electrons. The lowest BCUT2D eigenvalue weighted by Crippen LogP contribution is -2.12. The lowest BCUT2D eigenvalue weighted by molar-refractivity contribution is 0.134. The van der Waals surface area contributed by atoms with Crippen molar-refractivity contribution in [2.24, 2.45) is 0 Å². The molecule has 0 aromatic heterocycles. The number of benzene rings is 2. The Hall–Kier alpha value is -2.15. The Morgan fingerprint density at radius 2 is 1.43 bits per heavy atom. The third-order valence-electron chi connectivity index (χ3n) is 3.24. The number of nitriles is 1. The summed E-state index contributed by atoms with van der Waals surface area (Å²) in [7, 11) is 0. The zero-order valence-electron chi connectivity index (χ0n) is 12.3. The Morgan fingerprint density at radius 3 is 1.95 bits per heavy atom. The second-order valence-corrected chi connectivity index (χ2v) is 4.87. The summed E-state index contributed by atoms with van der Waals surface area (Å²) in [5, 5.41) is 12.2. The van der Waals surface area contributed by atoms with Crippen molar-refractivity contribution in [3.8, 4) is 6.07 Å². The van der Waals surface area contributed by atoms with E-state index in [1.165, 1.54) is 16.7 Å². The first kappa shape index (κ1) is 15.2. The Bertz CT molecular complexity index is 582. The molecule has 0 spiro atoms. The van der Waals surface area contributed by atoms with Crippen molar-refractivity contribution in [1.29, 1.82) is 5.26 Å². The van der Waals surface area contributed by atoms with Crippen molar-refractivity contribution in [1.82, 2.24) is 5.32 Å². The van der Waals surface area contributed by atoms with Crippen LogP contribution in [0.3, 0.4) is 0 Å². The number of hydrogen-bond acceptors (Lipinski definition) is 3. The van der Waals surface area contributed by atoms with Gasteiger partial charge in [0.15, 0.2) is 0 Å². The lowest BCUT2D eigenvalue weighted by atomic mass is 10.1. The van der Waals surface area contributed by atoms with E-state index in [2.05, 4.69) is 35.7 Å². The minimum absolute atomic E-state index is 0.676. The van der Waals surface area contributed by atoms with Gasteiger partial charge in [0.05, 0.1) is 18.2 Å². The number of rotatable bonds is 7. The van der Waals surface area contributed by atoms with E-state index in [1.54, 1.807) is 0 Å². The minimum atomic E-state index is 0.676. The van der Waals surface area contributed by atoms with Gasteiger partial charge in [0.1, 0.15) is 0 Å². The number of hydrogen-bond donors (Lipinski definition) is 1. The fourth-order valence-electron chi connectivity index (χ4n) is 2.02. The monoisotopic (exact) mass is 280 g/mol. The third kappa shape index (κ3) is 5.03. The van der Waals surface area contributed by atoms with E-state index in [0.29, 0.717) is 12.2 Å². The maximum Gasteiger partial charge on any atom is 0.0991 e. The van der Waals surface area contributed by atoms with Crippen LogP contribution in [0.15, 0.2) is 48.5 Å². The quantitative estimate of drug-likeness (QED) is 0.845. The fraction of sp³-hybridized carbons (Fsp3) is 0.278. The molecule has 0 fully saturated rings. The summed E-state index contributed by atoms with van der Waals surface area (Å²) in [5.41, 5.74) is 4.34. The second-order valence-electron chi connectivity index (χ2n) is 4.87. The molecule has 3 heteroatoms. The molecule has 3 nitrogen and oxygen atoms in total. The maximum atomic E-state index is 8.76. The van der Waals surface area contributed by atoms with E-state index in [-0.39, 0.29) is 0 Å². The average molecular weight is 280 g/mol. The van der Waals surface area contributed by atoms with Crippen LogP contribution in [0.1, 0.15) is 29.2 Å². The first-order valence-electron chi connectivity index (χ1n) is 7.17. The molecule has 0 bridgehead atoms. The second kappa shape index (κ2) is 8.21. The molecule has 0 amide bonds. The predicted octanol–water partition coefficient (Wildman–Crippen LogP) is 3.38. The van der Waals surface area contributed by atoms with Crippen LogP contribution in [0.2, 0.25) is 0 Å². The Morgan fingerprint density at radius 1 is 0.905 bits per heavy atom. The number of nitrogens with one attached hydrogen (secondary N) is 1. The minimum Gasteiger partial charge on any atom is -0.377 e. The van der Waals surface area contributed by atoms with Crippen LogP contribution in [0.25, 0.3) is 0 Å². The summed E-state index contributed by atoms with van der Waals surface area (Å²) in [4.78, 5) is 0. The van der Waals surface area contributed by atoms with Gasteiger partial charge in [-0.1, -0.05) is 36.4 Å². The van der Waals surface area contributed by atoms with Gasteiger partial charge in [-0.15, -0.1) is 0 Å². The van der Waals surface area contributed by atoms with Gasteiger partial charge in [0, 0.05) is 19.7 Å². The molecule has 21 heavy (non-hydrogen) atoms. The van der Waals surface area contributed by atoms with E-state index in [9.17, 15) is 0 Å². The summed E-state index contributed by atoms with van der Waals surface area (Å²) in [6, 6.07) is 18.2. The number of ether oxygens (including phenoxy) is 1. The van der Waals surface area contributed by atoms with Crippen LogP contribution in [-0.2, 0) is 24.4 Å². The molecule has 2 aromatic carbocycles. The Balaban J connectivity index is 1.78. The van der Waals surface area contributed by atoms with Crippen molar-refractivity contribution in [3.05, 3.63) is 70.8 Å². The summed E-state index contributed by atoms with van der Waals surface area (Å²) in [5.74, 6) is 0. The highest BCUT2D eigenvalue weighted by molar-refractivity contribution is 5.31. The van der Waals surface area contributed by atoms with Crippen LogP contribution in [0.4, 0.5) is 0 Å². The molecule has 0 saturated carbocycles. The summed E-state index contributed by atoms with van der Waals surface area (Å²) < 4.78 is 5.38. The third-order valence-corrected chi connectivity index (χ3v) is 3.24. The van der Waals surface area contributed by atoms with Crippen LogP contribution in [0, 0.1) is 11.3 Å². The van der Waals surface area contributed by atoms with E-state index in [1.807, 2.05) is 31.2 Å². The molecular weight excluding hydrogens is 260 g/mol. The first-order chi connectivity index (χ1) is 10.3. The van der Waals surface area contributed by atoms with Crippen molar-refractivity contribution in [2.45, 2.75) is 26.6 Å². The van der Waals surface area contributed by atoms with Gasteiger partial charge in [-0.3, -0.25) is 0 Å². The van der Waals surface area contributed by atoms with E-state index in [0.717, 1.165) is 19.7 Å². The SMILES string of the molecule is CCOCc1ccc(CNCc2ccc(C#N)cc2)cc1. The van der Waals surface area contributed by atoms with Crippen molar-refractivity contribution < 1.29 is 4.74 Å². The van der Waals surface area contributed by atoms with E-state index >= 15 is 0 Å². The Kier molecular flexibility index (Phi) is 5.96. The van der Waals surface area contributed by atoms with E-state index in [4.69, 9.17) is 10.00 Å². The average Bonchev–Trinajstić information content (AvgIpc) is 2.55. The summed E-state index contributed by atoms with van der Waals surface area (Å²) in [6.45, 7) is 5.05. The standard InChI is InChI=1S/C18H20N2O/c1-2-21-14-18-9-7-17(8-10-18)13-20-12-16-5-3-15(11-19)4-6-16/h3-10,20H,2,12-14H2,1H3. The number of nitrogens with zero attached hydrogens (tertiary/aromatic N) is 1. The van der Waals surface area contributed by atoms with E-state index < -0.39 is 0 Å². The molecule has 0 aliphatic heterocycles. The van der Waals surface area contributed by atoms with Crippen molar-refractivity contribution >= 4 is 0 Å². The molecule has 0 atom stereocenters. The van der Waals surface area contributed by atoms with Gasteiger partial charge >= 0.3 is 0 Å². The van der Waals surface area contributed by atoms with Crippen LogP contribution < -0.4 is 5.32 Å². The van der Waals surface area contributed by atoms with Crippen LogP contribution in [0.5, 0.6) is 0 Å². The smallest absolute Gasteiger partial charge is 0.0991 e. The zero-order chi connectivity index (χ0) is 14.9.